The first kappa shape index (κ1) is 20.0. The van der Waals surface area contributed by atoms with Crippen molar-refractivity contribution in [2.75, 3.05) is 0 Å². The molecule has 1 aromatic rings. The van der Waals surface area contributed by atoms with E-state index in [0.717, 1.165) is 5.56 Å². The first-order valence-corrected chi connectivity index (χ1v) is 3.79. The summed E-state index contributed by atoms with van der Waals surface area (Å²) in [6.07, 6.45) is 0. The molecule has 1 nitrogen and oxygen atoms in total. The maximum atomic E-state index is 9.18. The number of halogens is 2. The Balaban J connectivity index is -0.000000403. The average molecular weight is 314 g/mol. The summed E-state index contributed by atoms with van der Waals surface area (Å²) >= 11 is 0. The van der Waals surface area contributed by atoms with Gasteiger partial charge in [-0.3, -0.25) is 0 Å². The summed E-state index contributed by atoms with van der Waals surface area (Å²) in [6.45, 7) is 6.38. The van der Waals surface area contributed by atoms with E-state index in [1.54, 1.807) is 12.1 Å². The van der Waals surface area contributed by atoms with Gasteiger partial charge in [-0.1, -0.05) is 32.9 Å². The molecule has 80 valence electrons. The standard InChI is InChI=1S/C10H14O.2ClH.Zr/c1-10(2,3)8-5-4-6-9(11)7-8;;;/h4-7,11H,1-3H3;2*1H;. The van der Waals surface area contributed by atoms with Gasteiger partial charge in [0.05, 0.1) is 0 Å². The van der Waals surface area contributed by atoms with Crippen LogP contribution in [0.4, 0.5) is 0 Å². The van der Waals surface area contributed by atoms with Crippen LogP contribution < -0.4 is 0 Å². The molecule has 0 aliphatic carbocycles. The van der Waals surface area contributed by atoms with Crippen molar-refractivity contribution in [3.63, 3.8) is 0 Å². The Hall–Kier alpha value is 0.483. The molecule has 0 saturated carbocycles. The van der Waals surface area contributed by atoms with Gasteiger partial charge >= 0.3 is 0 Å². The van der Waals surface area contributed by atoms with E-state index in [1.165, 1.54) is 0 Å². The molecule has 0 atom stereocenters. The quantitative estimate of drug-likeness (QED) is 0.777. The van der Waals surface area contributed by atoms with E-state index in [-0.39, 0.29) is 56.4 Å². The molecule has 0 aliphatic heterocycles. The fraction of sp³-hybridized carbons (Fsp3) is 0.400. The van der Waals surface area contributed by atoms with E-state index >= 15 is 0 Å². The van der Waals surface area contributed by atoms with E-state index in [2.05, 4.69) is 20.8 Å². The summed E-state index contributed by atoms with van der Waals surface area (Å²) in [5.41, 5.74) is 1.29. The zero-order valence-corrected chi connectivity index (χ0v) is 12.7. The zero-order chi connectivity index (χ0) is 8.48. The van der Waals surface area contributed by atoms with Crippen molar-refractivity contribution in [1.29, 1.82) is 0 Å². The Morgan fingerprint density at radius 1 is 1.07 bits per heavy atom. The van der Waals surface area contributed by atoms with Gasteiger partial charge in [0.1, 0.15) is 5.75 Å². The molecule has 1 N–H and O–H groups in total. The van der Waals surface area contributed by atoms with E-state index in [1.807, 2.05) is 12.1 Å². The number of hydrogen-bond acceptors (Lipinski definition) is 1. The maximum Gasteiger partial charge on any atom is 0.115 e. The molecular formula is C10H16Cl2OZr. The minimum absolute atomic E-state index is 0. The maximum absolute atomic E-state index is 9.18. The van der Waals surface area contributed by atoms with Crippen LogP contribution >= 0.6 is 24.8 Å². The molecule has 0 radical (unpaired) electrons. The molecule has 0 aliphatic rings. The molecule has 0 spiro atoms. The molecule has 14 heavy (non-hydrogen) atoms. The number of rotatable bonds is 0. The monoisotopic (exact) mass is 312 g/mol. The Morgan fingerprint density at radius 2 is 1.57 bits per heavy atom. The Labute approximate surface area is 117 Å². The van der Waals surface area contributed by atoms with Gasteiger partial charge in [-0.2, -0.15) is 0 Å². The molecular weight excluding hydrogens is 298 g/mol. The summed E-state index contributed by atoms with van der Waals surface area (Å²) in [5, 5.41) is 9.18. The number of phenolic OH excluding ortho intramolecular Hbond substituents is 1. The van der Waals surface area contributed by atoms with Crippen LogP contribution in [0.25, 0.3) is 0 Å². The van der Waals surface area contributed by atoms with Gasteiger partial charge < -0.3 is 5.11 Å². The van der Waals surface area contributed by atoms with Crippen LogP contribution in [0.15, 0.2) is 24.3 Å². The van der Waals surface area contributed by atoms with Crippen LogP contribution in [0.2, 0.25) is 0 Å². The summed E-state index contributed by atoms with van der Waals surface area (Å²) in [7, 11) is 0. The van der Waals surface area contributed by atoms with Crippen LogP contribution in [-0.2, 0) is 31.6 Å². The molecule has 0 saturated heterocycles. The summed E-state index contributed by atoms with van der Waals surface area (Å²) in [4.78, 5) is 0. The van der Waals surface area contributed by atoms with Crippen molar-refractivity contribution in [2.45, 2.75) is 26.2 Å². The zero-order valence-electron chi connectivity index (χ0n) is 8.57. The summed E-state index contributed by atoms with van der Waals surface area (Å²) in [5.74, 6) is 0.345. The Bertz CT molecular complexity index is 259. The molecule has 0 aromatic heterocycles. The van der Waals surface area contributed by atoms with Gasteiger partial charge in [0.15, 0.2) is 0 Å². The second-order valence-corrected chi connectivity index (χ2v) is 3.80. The first-order chi connectivity index (χ1) is 5.00. The number of phenols is 1. The second-order valence-electron chi connectivity index (χ2n) is 3.80. The van der Waals surface area contributed by atoms with E-state index in [4.69, 9.17) is 0 Å². The number of aromatic hydroxyl groups is 1. The topological polar surface area (TPSA) is 20.2 Å². The van der Waals surface area contributed by atoms with Gasteiger partial charge in [0, 0.05) is 26.2 Å². The minimum Gasteiger partial charge on any atom is -0.508 e. The SMILES string of the molecule is CC(C)(C)c1cccc(O)c1.Cl.Cl.[Zr]. The normalized spacial score (nSPS) is 9.07. The molecule has 1 rings (SSSR count). The van der Waals surface area contributed by atoms with Crippen LogP contribution in [-0.4, -0.2) is 5.11 Å². The first-order valence-electron chi connectivity index (χ1n) is 3.79. The average Bonchev–Trinajstić information content (AvgIpc) is 1.86. The van der Waals surface area contributed by atoms with Crippen molar-refractivity contribution >= 4 is 24.8 Å². The third-order valence-corrected chi connectivity index (χ3v) is 1.71. The number of hydrogen-bond donors (Lipinski definition) is 1. The molecule has 0 amide bonds. The predicted molar refractivity (Wildman–Crippen MR) is 61.3 cm³/mol. The van der Waals surface area contributed by atoms with E-state index in [9.17, 15) is 5.11 Å². The summed E-state index contributed by atoms with van der Waals surface area (Å²) < 4.78 is 0. The second kappa shape index (κ2) is 7.73. The fourth-order valence-corrected chi connectivity index (χ4v) is 0.972. The van der Waals surface area contributed by atoms with Crippen molar-refractivity contribution in [2.24, 2.45) is 0 Å². The smallest absolute Gasteiger partial charge is 0.115 e. The van der Waals surface area contributed by atoms with Gasteiger partial charge in [0.2, 0.25) is 0 Å². The van der Waals surface area contributed by atoms with Crippen molar-refractivity contribution < 1.29 is 31.3 Å². The minimum atomic E-state index is 0. The summed E-state index contributed by atoms with van der Waals surface area (Å²) in [6, 6.07) is 7.39. The number of benzene rings is 1. The molecule has 0 fully saturated rings. The van der Waals surface area contributed by atoms with Crippen molar-refractivity contribution in [3.05, 3.63) is 29.8 Å². The molecule has 0 bridgehead atoms. The van der Waals surface area contributed by atoms with Crippen LogP contribution in [0.5, 0.6) is 5.75 Å². The third kappa shape index (κ3) is 6.06. The molecule has 0 heterocycles. The molecule has 0 unspecified atom stereocenters. The van der Waals surface area contributed by atoms with Crippen molar-refractivity contribution in [3.8, 4) is 5.75 Å². The van der Waals surface area contributed by atoms with Crippen LogP contribution in [0.1, 0.15) is 26.3 Å². The Morgan fingerprint density at radius 3 is 1.86 bits per heavy atom. The third-order valence-electron chi connectivity index (χ3n) is 1.71. The molecule has 4 heteroatoms. The van der Waals surface area contributed by atoms with Gasteiger partial charge in [-0.15, -0.1) is 24.8 Å². The van der Waals surface area contributed by atoms with Crippen LogP contribution in [0.3, 0.4) is 0 Å². The Kier molecular flexibility index (Phi) is 11.0. The largest absolute Gasteiger partial charge is 0.508 e. The van der Waals surface area contributed by atoms with Gasteiger partial charge in [0.25, 0.3) is 0 Å². The van der Waals surface area contributed by atoms with E-state index in [0.29, 0.717) is 5.75 Å². The molecule has 1 aromatic carbocycles. The van der Waals surface area contributed by atoms with E-state index < -0.39 is 0 Å². The van der Waals surface area contributed by atoms with Crippen molar-refractivity contribution in [1.82, 2.24) is 0 Å². The van der Waals surface area contributed by atoms with Crippen LogP contribution in [0, 0.1) is 0 Å². The van der Waals surface area contributed by atoms with Gasteiger partial charge in [-0.25, -0.2) is 0 Å². The predicted octanol–water partition coefficient (Wildman–Crippen LogP) is 3.53. The van der Waals surface area contributed by atoms with Gasteiger partial charge in [-0.05, 0) is 23.1 Å². The fourth-order valence-electron chi connectivity index (χ4n) is 0.972.